The van der Waals surface area contributed by atoms with Crippen molar-refractivity contribution in [2.24, 2.45) is 0 Å². The molecule has 0 unspecified atom stereocenters. The van der Waals surface area contributed by atoms with Crippen molar-refractivity contribution in [2.45, 2.75) is 43.0 Å². The number of rotatable bonds is 5. The van der Waals surface area contributed by atoms with E-state index >= 15 is 0 Å². The number of allylic oxidation sites excluding steroid dienone is 1. The van der Waals surface area contributed by atoms with Crippen LogP contribution in [0.1, 0.15) is 36.5 Å². The number of amides is 2. The second-order valence-electron chi connectivity index (χ2n) is 9.73. The van der Waals surface area contributed by atoms with Gasteiger partial charge < -0.3 is 4.74 Å². The largest absolute Gasteiger partial charge is 0.464 e. The van der Waals surface area contributed by atoms with Gasteiger partial charge in [0.05, 0.1) is 22.9 Å². The van der Waals surface area contributed by atoms with E-state index in [-0.39, 0.29) is 22.9 Å². The number of fused-ring (bicyclic) bond motifs is 3. The number of hydrogen-bond acceptors (Lipinski definition) is 6. The molecule has 0 radical (unpaired) electrons. The third kappa shape index (κ3) is 3.84. The van der Waals surface area contributed by atoms with Crippen molar-refractivity contribution in [1.82, 2.24) is 0 Å². The predicted molar refractivity (Wildman–Crippen MR) is 155 cm³/mol. The Morgan fingerprint density at radius 3 is 2.38 bits per heavy atom. The van der Waals surface area contributed by atoms with E-state index in [0.29, 0.717) is 15.6 Å². The van der Waals surface area contributed by atoms with Crippen LogP contribution >= 0.6 is 15.9 Å². The molecule has 206 valence electrons. The Balaban J connectivity index is 1.95. The fourth-order valence-electron chi connectivity index (χ4n) is 5.92. The van der Waals surface area contributed by atoms with Crippen molar-refractivity contribution in [3.05, 3.63) is 101 Å². The van der Waals surface area contributed by atoms with Crippen LogP contribution in [-0.2, 0) is 34.6 Å². The minimum absolute atomic E-state index is 0.0554. The van der Waals surface area contributed by atoms with Crippen molar-refractivity contribution in [3.63, 3.8) is 0 Å². The fourth-order valence-corrected chi connectivity index (χ4v) is 7.94. The lowest BCUT2D eigenvalue weighted by Gasteiger charge is -2.49. The van der Waals surface area contributed by atoms with Gasteiger partial charge in [-0.2, -0.15) is 0 Å². The second-order valence-corrected chi connectivity index (χ2v) is 12.5. The van der Waals surface area contributed by atoms with Gasteiger partial charge in [0.25, 0.3) is 10.0 Å². The maximum absolute atomic E-state index is 14.7. The highest BCUT2D eigenvalue weighted by Crippen LogP contribution is 2.59. The summed E-state index contributed by atoms with van der Waals surface area (Å²) >= 11 is 3.46. The molecule has 3 aromatic carbocycles. The third-order valence-electron chi connectivity index (χ3n) is 7.51. The highest BCUT2D eigenvalue weighted by molar-refractivity contribution is 9.10. The molecule has 0 bridgehead atoms. The van der Waals surface area contributed by atoms with Crippen molar-refractivity contribution < 1.29 is 27.5 Å². The van der Waals surface area contributed by atoms with Crippen LogP contribution in [0, 0.1) is 6.92 Å². The molecule has 5 rings (SSSR count). The molecule has 0 aliphatic carbocycles. The van der Waals surface area contributed by atoms with Crippen LogP contribution < -0.4 is 9.21 Å². The van der Waals surface area contributed by atoms with Crippen LogP contribution in [-0.4, -0.2) is 38.9 Å². The zero-order valence-corrected chi connectivity index (χ0v) is 24.5. The Labute approximate surface area is 241 Å². The molecule has 10 heteroatoms. The minimum Gasteiger partial charge on any atom is -0.464 e. The summed E-state index contributed by atoms with van der Waals surface area (Å²) in [6.07, 6.45) is 1.53. The summed E-state index contributed by atoms with van der Waals surface area (Å²) in [5, 5.41) is 0. The number of carbonyl (C=O) groups excluding carboxylic acids is 3. The Bertz CT molecular complexity index is 1670. The van der Waals surface area contributed by atoms with Gasteiger partial charge in [0.15, 0.2) is 6.04 Å². The number of sulfonamides is 1. The van der Waals surface area contributed by atoms with Crippen LogP contribution in [0.4, 0.5) is 11.4 Å². The van der Waals surface area contributed by atoms with Crippen LogP contribution in [0.25, 0.3) is 0 Å². The zero-order valence-electron chi connectivity index (χ0n) is 22.1. The Morgan fingerprint density at radius 1 is 1.07 bits per heavy atom. The van der Waals surface area contributed by atoms with Gasteiger partial charge in [0.1, 0.15) is 5.41 Å². The number of carbonyl (C=O) groups is 3. The van der Waals surface area contributed by atoms with Crippen molar-refractivity contribution in [2.75, 3.05) is 15.8 Å². The summed E-state index contributed by atoms with van der Waals surface area (Å²) in [5.74, 6) is -3.09. The van der Waals surface area contributed by atoms with Crippen molar-refractivity contribution >= 4 is 55.1 Å². The van der Waals surface area contributed by atoms with E-state index in [1.54, 1.807) is 61.5 Å². The number of benzene rings is 3. The lowest BCUT2D eigenvalue weighted by atomic mass is 9.61. The molecule has 2 aliphatic rings. The molecule has 3 atom stereocenters. The average molecular weight is 624 g/mol. The monoisotopic (exact) mass is 622 g/mol. The molecule has 40 heavy (non-hydrogen) atoms. The van der Waals surface area contributed by atoms with E-state index in [4.69, 9.17) is 4.74 Å². The molecule has 0 saturated carbocycles. The lowest BCUT2D eigenvalue weighted by molar-refractivity contribution is -0.149. The van der Waals surface area contributed by atoms with Crippen LogP contribution in [0.2, 0.25) is 0 Å². The molecule has 0 saturated heterocycles. The summed E-state index contributed by atoms with van der Waals surface area (Å²) in [6, 6.07) is 16.2. The Morgan fingerprint density at radius 2 is 1.75 bits per heavy atom. The van der Waals surface area contributed by atoms with Gasteiger partial charge in [-0.05, 0) is 61.4 Å². The first-order valence-electron chi connectivity index (χ1n) is 12.7. The summed E-state index contributed by atoms with van der Waals surface area (Å²) < 4.78 is 36.1. The number of halogens is 1. The summed E-state index contributed by atoms with van der Waals surface area (Å²) in [5.41, 5.74) is 0.244. The van der Waals surface area contributed by atoms with Crippen LogP contribution in [0.3, 0.4) is 0 Å². The molecule has 2 aliphatic heterocycles. The quantitative estimate of drug-likeness (QED) is 0.293. The standard InChI is InChI=1S/C30H27BrN2O6S/c1-5-23-22-9-7-8-10-25(22)33(40(37,38)21-14-11-18(3)12-15-21)27(28(35)39-6-2)30(23)24-17-20(31)13-16-26(24)32(19(4)34)29(30)36/h5,7-17,23,27H,1,6H2,2-4H3/t23-,27-,30-/m0/s1. The lowest BCUT2D eigenvalue weighted by Crippen LogP contribution is -2.66. The number of imide groups is 1. The molecule has 0 aromatic heterocycles. The first-order valence-corrected chi connectivity index (χ1v) is 14.9. The maximum Gasteiger partial charge on any atom is 0.331 e. The minimum atomic E-state index is -4.44. The fraction of sp³-hybridized carbons (Fsp3) is 0.233. The van der Waals surface area contributed by atoms with Gasteiger partial charge in [0, 0.05) is 17.3 Å². The summed E-state index contributed by atoms with van der Waals surface area (Å²) in [6.45, 7) is 8.65. The molecule has 1 spiro atoms. The number of aryl methyl sites for hydroxylation is 1. The van der Waals surface area contributed by atoms with E-state index in [1.165, 1.54) is 25.1 Å². The van der Waals surface area contributed by atoms with E-state index in [1.807, 2.05) is 6.92 Å². The maximum atomic E-state index is 14.7. The van der Waals surface area contributed by atoms with Gasteiger partial charge in [-0.1, -0.05) is 57.9 Å². The van der Waals surface area contributed by atoms with E-state index in [9.17, 15) is 22.8 Å². The number of esters is 1. The zero-order chi connectivity index (χ0) is 29.0. The number of nitrogens with zero attached hydrogens (tertiary/aromatic N) is 2. The van der Waals surface area contributed by atoms with E-state index < -0.39 is 45.2 Å². The topological polar surface area (TPSA) is 101 Å². The molecule has 2 amide bonds. The first-order chi connectivity index (χ1) is 19.0. The molecule has 8 nitrogen and oxygen atoms in total. The van der Waals surface area contributed by atoms with Crippen LogP contribution in [0.5, 0.6) is 0 Å². The van der Waals surface area contributed by atoms with Crippen molar-refractivity contribution in [1.29, 1.82) is 0 Å². The average Bonchev–Trinajstić information content (AvgIpc) is 3.16. The number of ether oxygens (including phenoxy) is 1. The third-order valence-corrected chi connectivity index (χ3v) is 9.79. The van der Waals surface area contributed by atoms with Gasteiger partial charge in [-0.3, -0.25) is 13.9 Å². The molecule has 2 heterocycles. The second kappa shape index (κ2) is 10.0. The van der Waals surface area contributed by atoms with Crippen molar-refractivity contribution in [3.8, 4) is 0 Å². The Kier molecular flexibility index (Phi) is 6.96. The van der Waals surface area contributed by atoms with E-state index in [2.05, 4.69) is 22.5 Å². The van der Waals surface area contributed by atoms with Gasteiger partial charge >= 0.3 is 5.97 Å². The highest BCUT2D eigenvalue weighted by atomic mass is 79.9. The molecular weight excluding hydrogens is 596 g/mol. The Hall–Kier alpha value is -3.76. The van der Waals surface area contributed by atoms with Gasteiger partial charge in [-0.15, -0.1) is 6.58 Å². The first kappa shape index (κ1) is 27.8. The predicted octanol–water partition coefficient (Wildman–Crippen LogP) is 5.00. The van der Waals surface area contributed by atoms with Gasteiger partial charge in [0.2, 0.25) is 11.8 Å². The summed E-state index contributed by atoms with van der Waals surface area (Å²) in [7, 11) is -4.44. The van der Waals surface area contributed by atoms with E-state index in [0.717, 1.165) is 14.8 Å². The number of hydrogen-bond donors (Lipinski definition) is 0. The van der Waals surface area contributed by atoms with Gasteiger partial charge in [-0.25, -0.2) is 18.1 Å². The molecule has 0 N–H and O–H groups in total. The molecule has 0 fully saturated rings. The number of anilines is 2. The molecule has 3 aromatic rings. The highest BCUT2D eigenvalue weighted by Gasteiger charge is 2.68. The smallest absolute Gasteiger partial charge is 0.331 e. The van der Waals surface area contributed by atoms with Crippen LogP contribution in [0.15, 0.2) is 88.8 Å². The number of para-hydroxylation sites is 1. The molecular formula is C30H27BrN2O6S. The SMILES string of the molecule is C=C[C@H]1c2ccccc2N(S(=O)(=O)c2ccc(C)cc2)[C@@H](C(=O)OCC)[C@]12C(=O)N(C(C)=O)c1ccc(Br)cc12. The summed E-state index contributed by atoms with van der Waals surface area (Å²) in [4.78, 5) is 42.6. The normalized spacial score (nSPS) is 21.6.